The van der Waals surface area contributed by atoms with Crippen molar-refractivity contribution in [1.29, 1.82) is 0 Å². The Bertz CT molecular complexity index is 645. The first-order chi connectivity index (χ1) is 12.8. The molecule has 0 spiro atoms. The highest BCUT2D eigenvalue weighted by molar-refractivity contribution is 5.99. The molecule has 0 fully saturated rings. The predicted octanol–water partition coefficient (Wildman–Crippen LogP) is 3.24. The summed E-state index contributed by atoms with van der Waals surface area (Å²) < 4.78 is 0. The van der Waals surface area contributed by atoms with Crippen molar-refractivity contribution < 1.29 is 24.7 Å². The van der Waals surface area contributed by atoms with Gasteiger partial charge in [-0.2, -0.15) is 0 Å². The van der Waals surface area contributed by atoms with Gasteiger partial charge in [-0.1, -0.05) is 50.3 Å². The number of benzene rings is 1. The van der Waals surface area contributed by atoms with Gasteiger partial charge < -0.3 is 5.11 Å². The SMILES string of the molecule is C=CCCC(CC(C)C)C(=O)N(C(=O)NO)C(Cc1ccccc1)C(=O)O. The van der Waals surface area contributed by atoms with Crippen LogP contribution in [-0.2, 0) is 16.0 Å². The number of allylic oxidation sites excluding steroid dienone is 1. The number of hydroxylamine groups is 1. The molecule has 7 heteroatoms. The van der Waals surface area contributed by atoms with Gasteiger partial charge in [0.05, 0.1) is 0 Å². The first-order valence-corrected chi connectivity index (χ1v) is 8.96. The van der Waals surface area contributed by atoms with Gasteiger partial charge in [0.2, 0.25) is 5.91 Å². The Morgan fingerprint density at radius 1 is 1.22 bits per heavy atom. The summed E-state index contributed by atoms with van der Waals surface area (Å²) >= 11 is 0. The van der Waals surface area contributed by atoms with Crippen molar-refractivity contribution in [3.8, 4) is 0 Å². The Morgan fingerprint density at radius 2 is 1.85 bits per heavy atom. The van der Waals surface area contributed by atoms with Crippen LogP contribution in [0.4, 0.5) is 4.79 Å². The van der Waals surface area contributed by atoms with Crippen LogP contribution in [0.2, 0.25) is 0 Å². The van der Waals surface area contributed by atoms with Gasteiger partial charge in [0.15, 0.2) is 0 Å². The smallest absolute Gasteiger partial charge is 0.348 e. The van der Waals surface area contributed by atoms with Crippen molar-refractivity contribution in [3.05, 3.63) is 48.6 Å². The Kier molecular flexibility index (Phi) is 9.22. The monoisotopic (exact) mass is 376 g/mol. The van der Waals surface area contributed by atoms with Crippen LogP contribution in [0.3, 0.4) is 0 Å². The zero-order chi connectivity index (χ0) is 20.4. The van der Waals surface area contributed by atoms with Gasteiger partial charge in [-0.3, -0.25) is 10.0 Å². The lowest BCUT2D eigenvalue weighted by molar-refractivity contribution is -0.149. The number of nitrogens with zero attached hydrogens (tertiary/aromatic N) is 1. The van der Waals surface area contributed by atoms with Crippen molar-refractivity contribution in [2.45, 2.75) is 45.6 Å². The number of aliphatic carboxylic acids is 1. The average Bonchev–Trinajstić information content (AvgIpc) is 2.64. The van der Waals surface area contributed by atoms with Gasteiger partial charge in [-0.25, -0.2) is 20.0 Å². The van der Waals surface area contributed by atoms with E-state index < -0.39 is 29.9 Å². The van der Waals surface area contributed by atoms with E-state index in [9.17, 15) is 19.5 Å². The van der Waals surface area contributed by atoms with Crippen LogP contribution in [0, 0.1) is 11.8 Å². The summed E-state index contributed by atoms with van der Waals surface area (Å²) in [4.78, 5) is 37.8. The van der Waals surface area contributed by atoms with E-state index in [1.165, 1.54) is 5.48 Å². The third-order valence-electron chi connectivity index (χ3n) is 4.24. The van der Waals surface area contributed by atoms with Gasteiger partial charge in [-0.15, -0.1) is 6.58 Å². The van der Waals surface area contributed by atoms with Crippen molar-refractivity contribution in [2.75, 3.05) is 0 Å². The lowest BCUT2D eigenvalue weighted by Gasteiger charge is -2.30. The molecule has 1 aromatic rings. The molecule has 0 aliphatic carbocycles. The van der Waals surface area contributed by atoms with Crippen LogP contribution in [0.15, 0.2) is 43.0 Å². The van der Waals surface area contributed by atoms with Gasteiger partial charge in [0, 0.05) is 12.3 Å². The molecule has 0 saturated carbocycles. The van der Waals surface area contributed by atoms with Gasteiger partial charge in [0.25, 0.3) is 0 Å². The highest BCUT2D eigenvalue weighted by Crippen LogP contribution is 2.23. The number of urea groups is 1. The minimum atomic E-state index is -1.43. The fraction of sp³-hybridized carbons (Fsp3) is 0.450. The van der Waals surface area contributed by atoms with E-state index >= 15 is 0 Å². The van der Waals surface area contributed by atoms with Crippen LogP contribution in [0.1, 0.15) is 38.7 Å². The highest BCUT2D eigenvalue weighted by atomic mass is 16.5. The number of hydrogen-bond donors (Lipinski definition) is 3. The Labute approximate surface area is 159 Å². The van der Waals surface area contributed by atoms with E-state index in [1.807, 2.05) is 13.8 Å². The number of hydrogen-bond acceptors (Lipinski definition) is 4. The van der Waals surface area contributed by atoms with Crippen LogP contribution in [-0.4, -0.2) is 39.2 Å². The molecule has 1 aromatic carbocycles. The first-order valence-electron chi connectivity index (χ1n) is 8.96. The van der Waals surface area contributed by atoms with Crippen LogP contribution >= 0.6 is 0 Å². The third kappa shape index (κ3) is 6.86. The average molecular weight is 376 g/mol. The van der Waals surface area contributed by atoms with Gasteiger partial charge in [-0.05, 0) is 30.7 Å². The molecular formula is C20H28N2O5. The molecule has 0 aromatic heterocycles. The fourth-order valence-corrected chi connectivity index (χ4v) is 3.00. The number of carbonyl (C=O) groups is 3. The molecule has 7 nitrogen and oxygen atoms in total. The minimum Gasteiger partial charge on any atom is -0.480 e. The molecule has 0 bridgehead atoms. The summed E-state index contributed by atoms with van der Waals surface area (Å²) in [7, 11) is 0. The zero-order valence-electron chi connectivity index (χ0n) is 15.8. The Hall–Kier alpha value is -2.67. The highest BCUT2D eigenvalue weighted by Gasteiger charge is 2.38. The summed E-state index contributed by atoms with van der Waals surface area (Å²) in [6.45, 7) is 7.54. The molecule has 3 amide bonds. The maximum atomic E-state index is 13.1. The molecule has 27 heavy (non-hydrogen) atoms. The fourth-order valence-electron chi connectivity index (χ4n) is 3.00. The number of rotatable bonds is 10. The van der Waals surface area contributed by atoms with E-state index in [0.717, 1.165) is 0 Å². The van der Waals surface area contributed by atoms with Crippen molar-refractivity contribution in [2.24, 2.45) is 11.8 Å². The van der Waals surface area contributed by atoms with E-state index in [4.69, 9.17) is 5.21 Å². The van der Waals surface area contributed by atoms with Gasteiger partial charge in [0.1, 0.15) is 6.04 Å². The molecule has 148 valence electrons. The second-order valence-electron chi connectivity index (χ2n) is 6.86. The topological polar surface area (TPSA) is 107 Å². The molecule has 2 unspecified atom stereocenters. The van der Waals surface area contributed by atoms with Crippen molar-refractivity contribution in [1.82, 2.24) is 10.4 Å². The van der Waals surface area contributed by atoms with Gasteiger partial charge >= 0.3 is 12.0 Å². The number of carboxylic acids is 1. The second-order valence-corrected chi connectivity index (χ2v) is 6.86. The third-order valence-corrected chi connectivity index (χ3v) is 4.24. The minimum absolute atomic E-state index is 0.0504. The van der Waals surface area contributed by atoms with E-state index in [0.29, 0.717) is 29.7 Å². The Balaban J connectivity index is 3.21. The summed E-state index contributed by atoms with van der Waals surface area (Å²) in [5, 5.41) is 18.8. The summed E-state index contributed by atoms with van der Waals surface area (Å²) in [5.41, 5.74) is 2.08. The number of amides is 3. The number of carboxylic acid groups (broad SMARTS) is 1. The van der Waals surface area contributed by atoms with E-state index in [-0.39, 0.29) is 12.3 Å². The molecule has 1 rings (SSSR count). The van der Waals surface area contributed by atoms with E-state index in [1.54, 1.807) is 36.4 Å². The van der Waals surface area contributed by atoms with Crippen molar-refractivity contribution >= 4 is 17.9 Å². The molecule has 3 N–H and O–H groups in total. The van der Waals surface area contributed by atoms with E-state index in [2.05, 4.69) is 6.58 Å². The molecular weight excluding hydrogens is 348 g/mol. The number of carbonyl (C=O) groups excluding carboxylic acids is 2. The summed E-state index contributed by atoms with van der Waals surface area (Å²) in [5.74, 6) is -2.29. The zero-order valence-corrected chi connectivity index (χ0v) is 15.8. The molecule has 0 aliphatic rings. The molecule has 0 heterocycles. The molecule has 0 aliphatic heterocycles. The van der Waals surface area contributed by atoms with Crippen LogP contribution in [0.25, 0.3) is 0 Å². The van der Waals surface area contributed by atoms with Crippen LogP contribution < -0.4 is 5.48 Å². The second kappa shape index (κ2) is 11.1. The maximum absolute atomic E-state index is 13.1. The predicted molar refractivity (Wildman–Crippen MR) is 101 cm³/mol. The molecule has 0 saturated heterocycles. The summed E-state index contributed by atoms with van der Waals surface area (Å²) in [6.07, 6.45) is 3.14. The number of imide groups is 1. The lowest BCUT2D eigenvalue weighted by Crippen LogP contribution is -2.54. The first kappa shape index (κ1) is 22.4. The standard InChI is InChI=1S/C20H28N2O5/c1-4-5-11-16(12-14(2)3)18(23)22(20(26)21-27)17(19(24)25)13-15-9-7-6-8-10-15/h4,6-10,14,16-17,27H,1,5,11-13H2,2-3H3,(H,21,26)(H,24,25). The quantitative estimate of drug-likeness (QED) is 0.330. The maximum Gasteiger partial charge on any atom is 0.348 e. The normalized spacial score (nSPS) is 12.9. The Morgan fingerprint density at radius 3 is 2.33 bits per heavy atom. The number of nitrogens with one attached hydrogen (secondary N) is 1. The lowest BCUT2D eigenvalue weighted by atomic mass is 9.90. The van der Waals surface area contributed by atoms with Crippen LogP contribution in [0.5, 0.6) is 0 Å². The molecule has 0 radical (unpaired) electrons. The summed E-state index contributed by atoms with van der Waals surface area (Å²) in [6, 6.07) is 6.16. The molecule has 2 atom stereocenters. The largest absolute Gasteiger partial charge is 0.480 e. The van der Waals surface area contributed by atoms with Crippen molar-refractivity contribution in [3.63, 3.8) is 0 Å².